The molecule has 0 aliphatic carbocycles. The van der Waals surface area contributed by atoms with Crippen LogP contribution in [0, 0.1) is 11.3 Å². The highest BCUT2D eigenvalue weighted by Gasteiger charge is 2.60. The number of anilines is 1. The maximum atomic E-state index is 14.3. The lowest BCUT2D eigenvalue weighted by atomic mass is 9.69. The molecule has 1 spiro atoms. The number of aromatic amines is 1. The predicted octanol–water partition coefficient (Wildman–Crippen LogP) is 2.90. The third kappa shape index (κ3) is 2.48. The van der Waals surface area contributed by atoms with Crippen LogP contribution in [0.4, 0.5) is 5.69 Å². The summed E-state index contributed by atoms with van der Waals surface area (Å²) in [5, 5.41) is 17.3. The number of hydrogen-bond donors (Lipinski definition) is 2. The zero-order valence-electron chi connectivity index (χ0n) is 17.7. The van der Waals surface area contributed by atoms with Crippen molar-refractivity contribution in [2.75, 3.05) is 12.0 Å². The molecule has 2 aliphatic rings. The van der Waals surface area contributed by atoms with Crippen molar-refractivity contribution in [2.24, 2.45) is 5.73 Å². The molecule has 8 nitrogen and oxygen atoms in total. The lowest BCUT2D eigenvalue weighted by Crippen LogP contribution is -2.46. The van der Waals surface area contributed by atoms with E-state index in [1.807, 2.05) is 55.5 Å². The number of H-pyrrole nitrogens is 1. The van der Waals surface area contributed by atoms with Crippen LogP contribution in [0.5, 0.6) is 11.6 Å². The third-order valence-electron chi connectivity index (χ3n) is 6.12. The largest absolute Gasteiger partial charge is 0.497 e. The van der Waals surface area contributed by atoms with Crippen LogP contribution >= 0.6 is 0 Å². The average molecular weight is 427 g/mol. The van der Waals surface area contributed by atoms with Crippen LogP contribution in [0.15, 0.2) is 60.0 Å². The second-order valence-corrected chi connectivity index (χ2v) is 7.70. The fourth-order valence-electron chi connectivity index (χ4n) is 4.73. The number of aryl methyl sites for hydroxylation is 1. The Morgan fingerprint density at radius 3 is 2.84 bits per heavy atom. The first-order valence-electron chi connectivity index (χ1n) is 10.3. The molecule has 3 aromatic rings. The molecule has 2 aromatic carbocycles. The molecule has 0 unspecified atom stereocenters. The minimum absolute atomic E-state index is 0.0756. The average Bonchev–Trinajstić information content (AvgIpc) is 3.33. The molecule has 1 atom stereocenters. The molecule has 1 amide bonds. The topological polar surface area (TPSA) is 117 Å². The van der Waals surface area contributed by atoms with Gasteiger partial charge in [0, 0.05) is 16.9 Å². The highest BCUT2D eigenvalue weighted by molar-refractivity contribution is 6.14. The molecule has 0 saturated heterocycles. The minimum atomic E-state index is -1.42. The maximum Gasteiger partial charge on any atom is 0.248 e. The summed E-state index contributed by atoms with van der Waals surface area (Å²) in [6, 6.07) is 17.2. The Labute approximate surface area is 184 Å². The standard InChI is InChI=1S/C24H21N5O3/c1-3-18-20-22(28-27-18)32-21(26)17(12-25)24(20)16-9-4-5-10-19(16)29(23(24)30)13-14-7-6-8-15(11-14)31-2/h4-11H,3,13,26H2,1-2H3,(H,27,28)/t24-/m1/s1. The highest BCUT2D eigenvalue weighted by atomic mass is 16.5. The number of methoxy groups -OCH3 is 1. The van der Waals surface area contributed by atoms with Crippen LogP contribution < -0.4 is 20.1 Å². The fraction of sp³-hybridized carbons (Fsp3) is 0.208. The Kier molecular flexibility index (Phi) is 4.41. The second kappa shape index (κ2) is 7.17. The van der Waals surface area contributed by atoms with Crippen LogP contribution in [-0.2, 0) is 23.2 Å². The first-order valence-corrected chi connectivity index (χ1v) is 10.3. The number of rotatable bonds is 4. The molecule has 2 aliphatic heterocycles. The zero-order valence-corrected chi connectivity index (χ0v) is 17.7. The predicted molar refractivity (Wildman–Crippen MR) is 117 cm³/mol. The van der Waals surface area contributed by atoms with Gasteiger partial charge >= 0.3 is 0 Å². The monoisotopic (exact) mass is 427 g/mol. The van der Waals surface area contributed by atoms with Gasteiger partial charge in [-0.15, -0.1) is 5.10 Å². The molecule has 1 aromatic heterocycles. The molecule has 0 saturated carbocycles. The zero-order chi connectivity index (χ0) is 22.5. The number of aromatic nitrogens is 2. The molecule has 32 heavy (non-hydrogen) atoms. The van der Waals surface area contributed by atoms with Gasteiger partial charge in [-0.3, -0.25) is 9.89 Å². The minimum Gasteiger partial charge on any atom is -0.497 e. The number of fused-ring (bicyclic) bond motifs is 4. The van der Waals surface area contributed by atoms with Crippen molar-refractivity contribution in [3.8, 4) is 17.7 Å². The highest BCUT2D eigenvalue weighted by Crippen LogP contribution is 2.56. The molecule has 8 heteroatoms. The van der Waals surface area contributed by atoms with Gasteiger partial charge < -0.3 is 20.1 Å². The number of amides is 1. The second-order valence-electron chi connectivity index (χ2n) is 7.70. The van der Waals surface area contributed by atoms with E-state index in [1.165, 1.54) is 0 Å². The van der Waals surface area contributed by atoms with Crippen LogP contribution in [-0.4, -0.2) is 23.2 Å². The Morgan fingerprint density at radius 2 is 2.09 bits per heavy atom. The number of benzene rings is 2. The molecule has 160 valence electrons. The summed E-state index contributed by atoms with van der Waals surface area (Å²) in [7, 11) is 1.60. The first kappa shape index (κ1) is 19.7. The Balaban J connectivity index is 1.76. The van der Waals surface area contributed by atoms with E-state index in [4.69, 9.17) is 15.2 Å². The van der Waals surface area contributed by atoms with Gasteiger partial charge in [-0.1, -0.05) is 37.3 Å². The molecular formula is C24H21N5O3. The van der Waals surface area contributed by atoms with E-state index < -0.39 is 5.41 Å². The SMILES string of the molecule is CCc1[nH]nc2c1[C@]1(C(=O)N(Cc3cccc(OC)c3)c3ccccc31)C(C#N)=C(N)O2. The normalized spacial score (nSPS) is 18.9. The molecule has 3 N–H and O–H groups in total. The molecule has 5 rings (SSSR count). The van der Waals surface area contributed by atoms with Gasteiger partial charge in [0.25, 0.3) is 0 Å². The number of hydrogen-bond acceptors (Lipinski definition) is 6. The number of nitriles is 1. The van der Waals surface area contributed by atoms with E-state index in [1.54, 1.807) is 12.0 Å². The Bertz CT molecular complexity index is 1320. The maximum absolute atomic E-state index is 14.3. The third-order valence-corrected chi connectivity index (χ3v) is 6.12. The van der Waals surface area contributed by atoms with Gasteiger partial charge in [0.05, 0.1) is 19.2 Å². The molecule has 0 fully saturated rings. The van der Waals surface area contributed by atoms with Crippen LogP contribution in [0.25, 0.3) is 0 Å². The lowest BCUT2D eigenvalue weighted by Gasteiger charge is -2.32. The number of carbonyl (C=O) groups is 1. The Hall–Kier alpha value is -4.25. The van der Waals surface area contributed by atoms with Gasteiger partial charge in [0.15, 0.2) is 0 Å². The lowest BCUT2D eigenvalue weighted by molar-refractivity contribution is -0.121. The smallest absolute Gasteiger partial charge is 0.248 e. The summed E-state index contributed by atoms with van der Waals surface area (Å²) in [5.41, 5.74) is 8.40. The van der Waals surface area contributed by atoms with Crippen molar-refractivity contribution >= 4 is 11.6 Å². The fourth-order valence-corrected chi connectivity index (χ4v) is 4.73. The number of nitrogens with one attached hydrogen (secondary N) is 1. The van der Waals surface area contributed by atoms with Gasteiger partial charge in [-0.2, -0.15) is 5.26 Å². The van der Waals surface area contributed by atoms with Crippen molar-refractivity contribution in [3.05, 3.63) is 82.4 Å². The van der Waals surface area contributed by atoms with Gasteiger partial charge in [-0.25, -0.2) is 0 Å². The van der Waals surface area contributed by atoms with E-state index in [9.17, 15) is 10.1 Å². The number of ether oxygens (including phenoxy) is 2. The summed E-state index contributed by atoms with van der Waals surface area (Å²) in [6.07, 6.45) is 0.581. The summed E-state index contributed by atoms with van der Waals surface area (Å²) < 4.78 is 11.0. The van der Waals surface area contributed by atoms with Gasteiger partial charge in [0.2, 0.25) is 17.7 Å². The van der Waals surface area contributed by atoms with Crippen molar-refractivity contribution in [2.45, 2.75) is 25.3 Å². The summed E-state index contributed by atoms with van der Waals surface area (Å²) >= 11 is 0. The quantitative estimate of drug-likeness (QED) is 0.661. The van der Waals surface area contributed by atoms with Gasteiger partial charge in [0.1, 0.15) is 22.8 Å². The van der Waals surface area contributed by atoms with Crippen molar-refractivity contribution in [1.82, 2.24) is 10.2 Å². The molecule has 0 bridgehead atoms. The van der Waals surface area contributed by atoms with E-state index in [0.717, 1.165) is 16.9 Å². The first-order chi connectivity index (χ1) is 15.6. The number of nitrogens with zero attached hydrogens (tertiary/aromatic N) is 3. The van der Waals surface area contributed by atoms with Crippen LogP contribution in [0.2, 0.25) is 0 Å². The number of carbonyl (C=O) groups excluding carboxylic acids is 1. The van der Waals surface area contributed by atoms with Crippen molar-refractivity contribution in [3.63, 3.8) is 0 Å². The van der Waals surface area contributed by atoms with E-state index in [-0.39, 0.29) is 23.2 Å². The van der Waals surface area contributed by atoms with Gasteiger partial charge in [-0.05, 0) is 30.2 Å². The molecule has 0 radical (unpaired) electrons. The van der Waals surface area contributed by atoms with Crippen LogP contribution in [0.1, 0.15) is 29.3 Å². The summed E-state index contributed by atoms with van der Waals surface area (Å²) in [6.45, 7) is 2.26. The summed E-state index contributed by atoms with van der Waals surface area (Å²) in [4.78, 5) is 16.0. The Morgan fingerprint density at radius 1 is 1.28 bits per heavy atom. The van der Waals surface area contributed by atoms with Crippen LogP contribution in [0.3, 0.4) is 0 Å². The molecule has 3 heterocycles. The summed E-state index contributed by atoms with van der Waals surface area (Å²) in [5.74, 6) is 0.558. The van der Waals surface area contributed by atoms with Crippen molar-refractivity contribution < 1.29 is 14.3 Å². The van der Waals surface area contributed by atoms with Crippen molar-refractivity contribution in [1.29, 1.82) is 5.26 Å². The van der Waals surface area contributed by atoms with E-state index in [0.29, 0.717) is 29.8 Å². The number of para-hydroxylation sites is 1. The number of nitrogens with two attached hydrogens (primary N) is 1. The van der Waals surface area contributed by atoms with E-state index >= 15 is 0 Å². The molecular weight excluding hydrogens is 406 g/mol. The van der Waals surface area contributed by atoms with E-state index in [2.05, 4.69) is 16.3 Å².